The second kappa shape index (κ2) is 7.62. The van der Waals surface area contributed by atoms with E-state index in [1.807, 2.05) is 0 Å². The molecule has 0 aliphatic heterocycles. The van der Waals surface area contributed by atoms with Crippen LogP contribution < -0.4 is 0 Å². The summed E-state index contributed by atoms with van der Waals surface area (Å²) in [5, 5.41) is 21.4. The number of hydrogen-bond acceptors (Lipinski definition) is 2. The Balaban J connectivity index is 2.87. The van der Waals surface area contributed by atoms with Crippen LogP contribution in [-0.2, 0) is 10.8 Å². The molecule has 3 nitrogen and oxygen atoms in total. The average molecular weight is 361 g/mol. The SMILES string of the molecule is CCC(C)(C)c1cc(C(=O)O)c(C2CCCCC2)c(C(C)(C)CC)c1O. The van der Waals surface area contributed by atoms with Gasteiger partial charge in [0.1, 0.15) is 5.75 Å². The highest BCUT2D eigenvalue weighted by Crippen LogP contribution is 2.49. The van der Waals surface area contributed by atoms with E-state index in [0.717, 1.165) is 55.2 Å². The van der Waals surface area contributed by atoms with E-state index >= 15 is 0 Å². The van der Waals surface area contributed by atoms with E-state index in [1.54, 1.807) is 6.07 Å². The van der Waals surface area contributed by atoms with E-state index in [4.69, 9.17) is 0 Å². The molecule has 26 heavy (non-hydrogen) atoms. The third-order valence-electron chi connectivity index (χ3n) is 6.76. The third-order valence-corrected chi connectivity index (χ3v) is 6.76. The zero-order valence-corrected chi connectivity index (χ0v) is 17.4. The second-order valence-corrected chi connectivity index (χ2v) is 9.22. The van der Waals surface area contributed by atoms with Crippen LogP contribution in [0.2, 0.25) is 0 Å². The molecule has 1 saturated carbocycles. The number of aromatic hydroxyl groups is 1. The van der Waals surface area contributed by atoms with Crippen molar-refractivity contribution in [1.29, 1.82) is 0 Å². The van der Waals surface area contributed by atoms with Gasteiger partial charge < -0.3 is 10.2 Å². The summed E-state index contributed by atoms with van der Waals surface area (Å²) in [7, 11) is 0. The maximum atomic E-state index is 12.2. The van der Waals surface area contributed by atoms with Gasteiger partial charge in [-0.1, -0.05) is 60.8 Å². The van der Waals surface area contributed by atoms with E-state index in [9.17, 15) is 15.0 Å². The molecule has 2 N–H and O–H groups in total. The lowest BCUT2D eigenvalue weighted by atomic mass is 9.68. The Bertz CT molecular complexity index is 665. The van der Waals surface area contributed by atoms with Crippen LogP contribution in [0.4, 0.5) is 0 Å². The summed E-state index contributed by atoms with van der Waals surface area (Å²) in [4.78, 5) is 12.2. The number of phenolic OH excluding ortho intramolecular Hbond substituents is 1. The van der Waals surface area contributed by atoms with Crippen molar-refractivity contribution in [3.05, 3.63) is 28.3 Å². The van der Waals surface area contributed by atoms with Gasteiger partial charge in [-0.3, -0.25) is 0 Å². The minimum Gasteiger partial charge on any atom is -0.507 e. The molecule has 0 aromatic heterocycles. The van der Waals surface area contributed by atoms with Crippen molar-refractivity contribution < 1.29 is 15.0 Å². The van der Waals surface area contributed by atoms with Crippen LogP contribution in [0.25, 0.3) is 0 Å². The van der Waals surface area contributed by atoms with Gasteiger partial charge in [0.2, 0.25) is 0 Å². The van der Waals surface area contributed by atoms with Crippen molar-refractivity contribution in [2.45, 2.75) is 103 Å². The molecule has 1 aromatic rings. The lowest BCUT2D eigenvalue weighted by molar-refractivity contribution is 0.0694. The Kier molecular flexibility index (Phi) is 6.09. The molecular weight excluding hydrogens is 324 g/mol. The molecule has 0 bridgehead atoms. The highest BCUT2D eigenvalue weighted by Gasteiger charge is 2.36. The van der Waals surface area contributed by atoms with E-state index in [0.29, 0.717) is 11.3 Å². The molecule has 0 atom stereocenters. The van der Waals surface area contributed by atoms with Gasteiger partial charge in [-0.05, 0) is 54.1 Å². The zero-order valence-electron chi connectivity index (χ0n) is 17.4. The topological polar surface area (TPSA) is 57.5 Å². The summed E-state index contributed by atoms with van der Waals surface area (Å²) < 4.78 is 0. The Labute approximate surface area is 158 Å². The highest BCUT2D eigenvalue weighted by atomic mass is 16.4. The predicted molar refractivity (Wildman–Crippen MR) is 108 cm³/mol. The maximum absolute atomic E-state index is 12.2. The first-order chi connectivity index (χ1) is 12.1. The molecule has 146 valence electrons. The number of carbonyl (C=O) groups is 1. The van der Waals surface area contributed by atoms with Gasteiger partial charge >= 0.3 is 5.97 Å². The fourth-order valence-corrected chi connectivity index (χ4v) is 4.25. The van der Waals surface area contributed by atoms with Gasteiger partial charge in [0.15, 0.2) is 0 Å². The Hall–Kier alpha value is -1.51. The molecule has 0 spiro atoms. The molecule has 1 aromatic carbocycles. The van der Waals surface area contributed by atoms with E-state index < -0.39 is 5.97 Å². The molecule has 0 heterocycles. The molecule has 0 radical (unpaired) electrons. The van der Waals surface area contributed by atoms with E-state index in [2.05, 4.69) is 41.5 Å². The van der Waals surface area contributed by atoms with Crippen LogP contribution in [0.1, 0.15) is 119 Å². The Morgan fingerprint density at radius 3 is 2.04 bits per heavy atom. The van der Waals surface area contributed by atoms with Crippen molar-refractivity contribution >= 4 is 5.97 Å². The van der Waals surface area contributed by atoms with Gasteiger partial charge in [0.05, 0.1) is 5.56 Å². The van der Waals surface area contributed by atoms with E-state index in [-0.39, 0.29) is 16.7 Å². The smallest absolute Gasteiger partial charge is 0.335 e. The zero-order chi connectivity index (χ0) is 19.7. The number of carboxylic acid groups (broad SMARTS) is 1. The normalized spacial score (nSPS) is 16.7. The minimum absolute atomic E-state index is 0.236. The number of phenols is 1. The summed E-state index contributed by atoms with van der Waals surface area (Å²) in [6.45, 7) is 12.6. The highest BCUT2D eigenvalue weighted by molar-refractivity contribution is 5.91. The number of aromatic carboxylic acids is 1. The van der Waals surface area contributed by atoms with Gasteiger partial charge in [0.25, 0.3) is 0 Å². The second-order valence-electron chi connectivity index (χ2n) is 9.22. The van der Waals surface area contributed by atoms with Crippen molar-refractivity contribution in [1.82, 2.24) is 0 Å². The average Bonchev–Trinajstić information content (AvgIpc) is 2.61. The Morgan fingerprint density at radius 2 is 1.58 bits per heavy atom. The summed E-state index contributed by atoms with van der Waals surface area (Å²) in [6.07, 6.45) is 7.23. The monoisotopic (exact) mass is 360 g/mol. The molecule has 3 heteroatoms. The quantitative estimate of drug-likeness (QED) is 0.607. The van der Waals surface area contributed by atoms with Crippen molar-refractivity contribution in [2.75, 3.05) is 0 Å². The van der Waals surface area contributed by atoms with Gasteiger partial charge in [-0.25, -0.2) is 4.79 Å². The molecule has 1 aliphatic carbocycles. The lowest BCUT2D eigenvalue weighted by Crippen LogP contribution is -2.26. The van der Waals surface area contributed by atoms with Crippen molar-refractivity contribution in [2.24, 2.45) is 0 Å². The summed E-state index contributed by atoms with van der Waals surface area (Å²) in [5.74, 6) is -0.304. The molecule has 2 rings (SSSR count). The summed E-state index contributed by atoms with van der Waals surface area (Å²) in [5.41, 5.74) is 2.43. The van der Waals surface area contributed by atoms with Gasteiger partial charge in [-0.15, -0.1) is 0 Å². The number of benzene rings is 1. The fourth-order valence-electron chi connectivity index (χ4n) is 4.25. The van der Waals surface area contributed by atoms with E-state index in [1.165, 1.54) is 6.42 Å². The van der Waals surface area contributed by atoms with Gasteiger partial charge in [0, 0.05) is 11.1 Å². The maximum Gasteiger partial charge on any atom is 0.335 e. The van der Waals surface area contributed by atoms with Crippen LogP contribution in [0.5, 0.6) is 5.75 Å². The molecule has 0 saturated heterocycles. The van der Waals surface area contributed by atoms with Crippen LogP contribution in [0.15, 0.2) is 6.07 Å². The van der Waals surface area contributed by atoms with Crippen molar-refractivity contribution in [3.8, 4) is 5.75 Å². The number of carboxylic acids is 1. The number of hydrogen-bond donors (Lipinski definition) is 2. The molecule has 1 fully saturated rings. The van der Waals surface area contributed by atoms with Crippen LogP contribution >= 0.6 is 0 Å². The largest absolute Gasteiger partial charge is 0.507 e. The minimum atomic E-state index is -0.869. The van der Waals surface area contributed by atoms with Crippen LogP contribution in [-0.4, -0.2) is 16.2 Å². The first-order valence-electron chi connectivity index (χ1n) is 10.2. The lowest BCUT2D eigenvalue weighted by Gasteiger charge is -2.36. The fraction of sp³-hybridized carbons (Fsp3) is 0.696. The summed E-state index contributed by atoms with van der Waals surface area (Å²) in [6, 6.07) is 1.76. The number of rotatable bonds is 6. The molecular formula is C23H36O3. The first-order valence-corrected chi connectivity index (χ1v) is 10.2. The van der Waals surface area contributed by atoms with Crippen molar-refractivity contribution in [3.63, 3.8) is 0 Å². The standard InChI is InChI=1S/C23H36O3/c1-7-22(3,4)17-14-16(21(25)26)18(15-12-10-9-11-13-15)19(20(17)24)23(5,6)8-2/h14-15,24H,7-13H2,1-6H3,(H,25,26). The molecule has 0 unspecified atom stereocenters. The summed E-state index contributed by atoms with van der Waals surface area (Å²) >= 11 is 0. The van der Waals surface area contributed by atoms with Gasteiger partial charge in [-0.2, -0.15) is 0 Å². The van der Waals surface area contributed by atoms with Crippen LogP contribution in [0, 0.1) is 0 Å². The molecule has 0 amide bonds. The predicted octanol–water partition coefficient (Wildman–Crippen LogP) is 6.51. The first kappa shape index (κ1) is 20.8. The molecule has 1 aliphatic rings. The Morgan fingerprint density at radius 1 is 1.04 bits per heavy atom. The third kappa shape index (κ3) is 3.77. The van der Waals surface area contributed by atoms with Crippen LogP contribution in [0.3, 0.4) is 0 Å².